The molecule has 0 radical (unpaired) electrons. The summed E-state index contributed by atoms with van der Waals surface area (Å²) in [7, 11) is 0. The van der Waals surface area contributed by atoms with Gasteiger partial charge >= 0.3 is 230 Å². The number of hydrogen-bond acceptors (Lipinski definition) is 0. The fourth-order valence-electron chi connectivity index (χ4n) is 5.98. The Morgan fingerprint density at radius 3 is 1.29 bits per heavy atom. The third kappa shape index (κ3) is 12.8. The second kappa shape index (κ2) is 19.9. The van der Waals surface area contributed by atoms with E-state index < -0.39 is 5.31 Å². The van der Waals surface area contributed by atoms with Gasteiger partial charge in [-0.05, 0) is 0 Å². The molecule has 204 valence electrons. The SMILES string of the molecule is C=CC(c1ccccc1)P(Br)(CCCCCCCC)(CCCCCCCC)CCCCCCCC. The van der Waals surface area contributed by atoms with Gasteiger partial charge in [-0.3, -0.25) is 0 Å². The Morgan fingerprint density at radius 2 is 0.943 bits per heavy atom. The Bertz CT molecular complexity index is 582. The molecule has 0 N–H and O–H groups in total. The van der Waals surface area contributed by atoms with Gasteiger partial charge in [-0.15, -0.1) is 0 Å². The number of rotatable bonds is 24. The molecule has 0 aromatic heterocycles. The van der Waals surface area contributed by atoms with Gasteiger partial charge in [0.05, 0.1) is 0 Å². The second-order valence-corrected chi connectivity index (χ2v) is 22.2. The predicted octanol–water partition coefficient (Wildman–Crippen LogP) is 12.9. The van der Waals surface area contributed by atoms with Crippen LogP contribution in [0.4, 0.5) is 0 Å². The maximum atomic E-state index is 4.76. The molecule has 0 nitrogen and oxygen atoms in total. The van der Waals surface area contributed by atoms with E-state index >= 15 is 0 Å². The quantitative estimate of drug-likeness (QED) is 0.0662. The molecule has 0 saturated heterocycles. The van der Waals surface area contributed by atoms with Crippen LogP contribution in [0.2, 0.25) is 0 Å². The van der Waals surface area contributed by atoms with Gasteiger partial charge in [-0.2, -0.15) is 0 Å². The summed E-state index contributed by atoms with van der Waals surface area (Å²) in [5.74, 6) is 0. The molecule has 1 atom stereocenters. The van der Waals surface area contributed by atoms with Crippen LogP contribution in [0.1, 0.15) is 148 Å². The zero-order chi connectivity index (χ0) is 25.7. The molecule has 0 aliphatic carbocycles. The van der Waals surface area contributed by atoms with Crippen molar-refractivity contribution in [2.24, 2.45) is 0 Å². The first-order valence-corrected chi connectivity index (χ1v) is 20.3. The Morgan fingerprint density at radius 1 is 0.600 bits per heavy atom. The molecule has 0 aliphatic heterocycles. The molecule has 35 heavy (non-hydrogen) atoms. The van der Waals surface area contributed by atoms with E-state index in [1.54, 1.807) is 0 Å². The normalized spacial score (nSPS) is 13.9. The van der Waals surface area contributed by atoms with Crippen LogP contribution in [-0.4, -0.2) is 18.5 Å². The summed E-state index contributed by atoms with van der Waals surface area (Å²) in [6.07, 6.45) is 31.5. The van der Waals surface area contributed by atoms with Crippen molar-refractivity contribution in [1.29, 1.82) is 0 Å². The first-order chi connectivity index (χ1) is 17.0. The van der Waals surface area contributed by atoms with E-state index in [0.717, 1.165) is 0 Å². The standard InChI is InChI=1S/C33H60BrP/c1-5-9-12-15-18-24-29-35(34,30-25-19-16-13-10-6-2,31-26-20-17-14-11-7-3)33(8-4)32-27-22-21-23-28-32/h8,21-23,27-28,33H,4-7,9-20,24-26,29-31H2,1-3H3. The molecule has 0 heterocycles. The molecule has 1 unspecified atom stereocenters. The summed E-state index contributed by atoms with van der Waals surface area (Å²) in [4.78, 5) is 0. The average molecular weight is 568 g/mol. The maximum absolute atomic E-state index is 4.76. The van der Waals surface area contributed by atoms with Crippen molar-refractivity contribution < 1.29 is 0 Å². The first-order valence-electron chi connectivity index (χ1n) is 15.4. The van der Waals surface area contributed by atoms with Gasteiger partial charge in [0.2, 0.25) is 0 Å². The summed E-state index contributed by atoms with van der Waals surface area (Å²) >= 11 is 4.76. The molecular formula is C33H60BrP. The van der Waals surface area contributed by atoms with Gasteiger partial charge in [0.1, 0.15) is 0 Å². The average Bonchev–Trinajstić information content (AvgIpc) is 2.87. The molecule has 0 spiro atoms. The van der Waals surface area contributed by atoms with Gasteiger partial charge in [-0.25, -0.2) is 0 Å². The Hall–Kier alpha value is -0.130. The molecule has 0 saturated carbocycles. The van der Waals surface area contributed by atoms with E-state index in [4.69, 9.17) is 15.5 Å². The van der Waals surface area contributed by atoms with Crippen molar-refractivity contribution in [2.75, 3.05) is 18.5 Å². The van der Waals surface area contributed by atoms with Crippen LogP contribution >= 0.6 is 20.8 Å². The fourth-order valence-corrected chi connectivity index (χ4v) is 15.3. The molecular weight excluding hydrogens is 507 g/mol. The third-order valence-electron chi connectivity index (χ3n) is 8.18. The van der Waals surface area contributed by atoms with Crippen molar-refractivity contribution in [3.8, 4) is 0 Å². The minimum absolute atomic E-state index is 0.490. The topological polar surface area (TPSA) is 0 Å². The van der Waals surface area contributed by atoms with E-state index in [-0.39, 0.29) is 0 Å². The molecule has 1 aromatic rings. The number of unbranched alkanes of at least 4 members (excludes halogenated alkanes) is 15. The van der Waals surface area contributed by atoms with E-state index in [1.165, 1.54) is 140 Å². The molecule has 1 rings (SSSR count). The molecule has 2 heteroatoms. The summed E-state index contributed by atoms with van der Waals surface area (Å²) in [6, 6.07) is 11.4. The summed E-state index contributed by atoms with van der Waals surface area (Å²) < 4.78 is 0. The Balaban J connectivity index is 3.08. The third-order valence-corrected chi connectivity index (χ3v) is 18.7. The van der Waals surface area contributed by atoms with Gasteiger partial charge < -0.3 is 0 Å². The molecule has 1 aromatic carbocycles. The molecule has 0 fully saturated rings. The van der Waals surface area contributed by atoms with Crippen LogP contribution in [0, 0.1) is 0 Å². The van der Waals surface area contributed by atoms with E-state index in [2.05, 4.69) is 63.8 Å². The fraction of sp³-hybridized carbons (Fsp3) is 0.758. The van der Waals surface area contributed by atoms with E-state index in [1.807, 2.05) is 0 Å². The summed E-state index contributed by atoms with van der Waals surface area (Å²) in [5, 5.41) is -2.19. The Kier molecular flexibility index (Phi) is 18.7. The Labute approximate surface area is 229 Å². The summed E-state index contributed by atoms with van der Waals surface area (Å²) in [6.45, 7) is 11.4. The van der Waals surface area contributed by atoms with Crippen LogP contribution in [0.15, 0.2) is 43.0 Å². The molecule has 0 bridgehead atoms. The van der Waals surface area contributed by atoms with Crippen LogP contribution in [-0.2, 0) is 0 Å². The number of halogens is 1. The zero-order valence-corrected chi connectivity index (χ0v) is 26.4. The van der Waals surface area contributed by atoms with E-state index in [0.29, 0.717) is 5.66 Å². The molecule has 0 aliphatic rings. The monoisotopic (exact) mass is 566 g/mol. The van der Waals surface area contributed by atoms with Crippen molar-refractivity contribution in [2.45, 2.75) is 142 Å². The van der Waals surface area contributed by atoms with Crippen molar-refractivity contribution in [1.82, 2.24) is 0 Å². The van der Waals surface area contributed by atoms with Crippen molar-refractivity contribution in [3.05, 3.63) is 48.6 Å². The van der Waals surface area contributed by atoms with Gasteiger partial charge in [-0.1, -0.05) is 0 Å². The van der Waals surface area contributed by atoms with Crippen LogP contribution in [0.3, 0.4) is 0 Å². The van der Waals surface area contributed by atoms with Crippen molar-refractivity contribution in [3.63, 3.8) is 0 Å². The number of benzene rings is 1. The van der Waals surface area contributed by atoms with Crippen LogP contribution in [0.5, 0.6) is 0 Å². The predicted molar refractivity (Wildman–Crippen MR) is 170 cm³/mol. The first kappa shape index (κ1) is 32.9. The minimum atomic E-state index is -2.19. The number of allylic oxidation sites excluding steroid dienone is 1. The molecule has 0 amide bonds. The van der Waals surface area contributed by atoms with E-state index in [9.17, 15) is 0 Å². The van der Waals surface area contributed by atoms with Crippen molar-refractivity contribution >= 4 is 20.8 Å². The second-order valence-electron chi connectivity index (χ2n) is 11.2. The van der Waals surface area contributed by atoms with Crippen LogP contribution in [0.25, 0.3) is 0 Å². The number of hydrogen-bond donors (Lipinski definition) is 0. The van der Waals surface area contributed by atoms with Crippen LogP contribution < -0.4 is 0 Å². The summed E-state index contributed by atoms with van der Waals surface area (Å²) in [5.41, 5.74) is 1.99. The van der Waals surface area contributed by atoms with Gasteiger partial charge in [0.25, 0.3) is 0 Å². The van der Waals surface area contributed by atoms with Gasteiger partial charge in [0.15, 0.2) is 0 Å². The van der Waals surface area contributed by atoms with Gasteiger partial charge in [0, 0.05) is 0 Å². The zero-order valence-electron chi connectivity index (χ0n) is 23.9.